The predicted octanol–water partition coefficient (Wildman–Crippen LogP) is 3.44. The van der Waals surface area contributed by atoms with Crippen LogP contribution in [-0.2, 0) is 9.59 Å². The van der Waals surface area contributed by atoms with Crippen LogP contribution in [0.25, 0.3) is 0 Å². The molecule has 0 N–H and O–H groups in total. The second-order valence-corrected chi connectivity index (χ2v) is 5.04. The van der Waals surface area contributed by atoms with E-state index >= 15 is 0 Å². The summed E-state index contributed by atoms with van der Waals surface area (Å²) in [5.74, 6) is 1.14. The van der Waals surface area contributed by atoms with E-state index in [0.717, 1.165) is 11.3 Å². The quantitative estimate of drug-likeness (QED) is 0.810. The molecule has 1 saturated heterocycles. The molecule has 21 heavy (non-hydrogen) atoms. The highest BCUT2D eigenvalue weighted by molar-refractivity contribution is 6.19. The van der Waals surface area contributed by atoms with Crippen LogP contribution in [0.5, 0.6) is 11.5 Å². The smallest absolute Gasteiger partial charge is 0.234 e. The fraction of sp³-hybridized carbons (Fsp3) is 0.176. The van der Waals surface area contributed by atoms with Crippen LogP contribution in [0.1, 0.15) is 18.4 Å². The van der Waals surface area contributed by atoms with E-state index in [1.54, 1.807) is 24.3 Å². The number of anilines is 1. The third kappa shape index (κ3) is 2.79. The Morgan fingerprint density at radius 1 is 0.905 bits per heavy atom. The molecule has 0 aliphatic carbocycles. The molecule has 2 aromatic rings. The Balaban J connectivity index is 1.78. The fourth-order valence-corrected chi connectivity index (χ4v) is 2.34. The van der Waals surface area contributed by atoms with Crippen molar-refractivity contribution in [3.8, 4) is 11.5 Å². The van der Waals surface area contributed by atoms with Gasteiger partial charge in [0.25, 0.3) is 0 Å². The number of benzene rings is 2. The fourth-order valence-electron chi connectivity index (χ4n) is 2.34. The Hall–Kier alpha value is -2.62. The van der Waals surface area contributed by atoms with Gasteiger partial charge in [-0.15, -0.1) is 0 Å². The number of imide groups is 1. The molecule has 1 aliphatic rings. The molecule has 1 heterocycles. The van der Waals surface area contributed by atoms with Crippen LogP contribution in [0.15, 0.2) is 48.5 Å². The highest BCUT2D eigenvalue weighted by atomic mass is 16.5. The van der Waals surface area contributed by atoms with Gasteiger partial charge in [0, 0.05) is 12.8 Å². The Bertz CT molecular complexity index is 675. The van der Waals surface area contributed by atoms with Crippen molar-refractivity contribution in [1.29, 1.82) is 0 Å². The highest BCUT2D eigenvalue weighted by Gasteiger charge is 2.30. The molecule has 1 fully saturated rings. The molecule has 4 heteroatoms. The zero-order chi connectivity index (χ0) is 14.8. The molecule has 1 aliphatic heterocycles. The maximum Gasteiger partial charge on any atom is 0.234 e. The Morgan fingerprint density at radius 3 is 2.19 bits per heavy atom. The van der Waals surface area contributed by atoms with E-state index in [-0.39, 0.29) is 11.8 Å². The molecule has 3 rings (SSSR count). The van der Waals surface area contributed by atoms with Crippen LogP contribution >= 0.6 is 0 Å². The maximum atomic E-state index is 11.7. The minimum absolute atomic E-state index is 0.146. The Kier molecular flexibility index (Phi) is 3.44. The first-order valence-electron chi connectivity index (χ1n) is 6.84. The van der Waals surface area contributed by atoms with Crippen LogP contribution in [0.4, 0.5) is 5.69 Å². The normalized spacial score (nSPS) is 14.6. The number of ether oxygens (including phenoxy) is 1. The lowest BCUT2D eigenvalue weighted by Gasteiger charge is -2.14. The first-order valence-corrected chi connectivity index (χ1v) is 6.84. The van der Waals surface area contributed by atoms with Crippen molar-refractivity contribution >= 4 is 17.5 Å². The molecule has 2 aromatic carbocycles. The number of nitrogens with zero attached hydrogens (tertiary/aromatic N) is 1. The van der Waals surface area contributed by atoms with Gasteiger partial charge in [0.1, 0.15) is 11.5 Å². The molecule has 4 nitrogen and oxygen atoms in total. The Labute approximate surface area is 123 Å². The minimum Gasteiger partial charge on any atom is -0.457 e. The molecular formula is C17H15NO3. The second kappa shape index (κ2) is 5.40. The van der Waals surface area contributed by atoms with Crippen molar-refractivity contribution in [3.05, 3.63) is 54.1 Å². The van der Waals surface area contributed by atoms with Crippen molar-refractivity contribution in [2.24, 2.45) is 0 Å². The van der Waals surface area contributed by atoms with Gasteiger partial charge in [-0.1, -0.05) is 12.1 Å². The van der Waals surface area contributed by atoms with Gasteiger partial charge in [-0.25, -0.2) is 0 Å². The number of hydrogen-bond acceptors (Lipinski definition) is 3. The molecule has 0 spiro atoms. The molecule has 0 radical (unpaired) electrons. The number of carbonyl (C=O) groups is 2. The molecule has 0 bridgehead atoms. The van der Waals surface area contributed by atoms with E-state index in [1.165, 1.54) is 4.90 Å². The standard InChI is InChI=1S/C17H15NO3/c1-12-3-2-4-15(11-12)21-14-7-5-13(6-8-14)18-16(19)9-10-17(18)20/h2-8,11H,9-10H2,1H3. The van der Waals surface area contributed by atoms with Crippen molar-refractivity contribution in [1.82, 2.24) is 0 Å². The summed E-state index contributed by atoms with van der Waals surface area (Å²) in [7, 11) is 0. The summed E-state index contributed by atoms with van der Waals surface area (Å²) in [6.07, 6.45) is 0.584. The molecule has 0 unspecified atom stereocenters. The van der Waals surface area contributed by atoms with Crippen LogP contribution in [0.2, 0.25) is 0 Å². The molecule has 2 amide bonds. The van der Waals surface area contributed by atoms with Gasteiger partial charge >= 0.3 is 0 Å². The molecule has 106 valence electrons. The lowest BCUT2D eigenvalue weighted by atomic mass is 10.2. The number of carbonyl (C=O) groups excluding carboxylic acids is 2. The highest BCUT2D eigenvalue weighted by Crippen LogP contribution is 2.27. The van der Waals surface area contributed by atoms with Crippen molar-refractivity contribution in [3.63, 3.8) is 0 Å². The van der Waals surface area contributed by atoms with E-state index in [0.29, 0.717) is 24.3 Å². The summed E-state index contributed by atoms with van der Waals surface area (Å²) in [6, 6.07) is 14.7. The molecule has 0 aromatic heterocycles. The molecular weight excluding hydrogens is 266 g/mol. The zero-order valence-corrected chi connectivity index (χ0v) is 11.7. The lowest BCUT2D eigenvalue weighted by Crippen LogP contribution is -2.28. The summed E-state index contributed by atoms with van der Waals surface area (Å²) in [5, 5.41) is 0. The minimum atomic E-state index is -0.146. The lowest BCUT2D eigenvalue weighted by molar-refractivity contribution is -0.121. The Morgan fingerprint density at radius 2 is 1.57 bits per heavy atom. The summed E-state index contributed by atoms with van der Waals surface area (Å²) >= 11 is 0. The van der Waals surface area contributed by atoms with E-state index in [1.807, 2.05) is 31.2 Å². The van der Waals surface area contributed by atoms with Crippen LogP contribution in [0, 0.1) is 6.92 Å². The van der Waals surface area contributed by atoms with Crippen molar-refractivity contribution in [2.75, 3.05) is 4.90 Å². The van der Waals surface area contributed by atoms with E-state index in [2.05, 4.69) is 0 Å². The summed E-state index contributed by atoms with van der Waals surface area (Å²) in [6.45, 7) is 2.00. The van der Waals surface area contributed by atoms with Gasteiger partial charge in [-0.3, -0.25) is 14.5 Å². The maximum absolute atomic E-state index is 11.7. The van der Waals surface area contributed by atoms with Crippen LogP contribution in [-0.4, -0.2) is 11.8 Å². The summed E-state index contributed by atoms with van der Waals surface area (Å²) in [4.78, 5) is 24.6. The van der Waals surface area contributed by atoms with E-state index < -0.39 is 0 Å². The largest absolute Gasteiger partial charge is 0.457 e. The summed E-state index contributed by atoms with van der Waals surface area (Å²) < 4.78 is 5.74. The first kappa shape index (κ1) is 13.4. The first-order chi connectivity index (χ1) is 10.1. The SMILES string of the molecule is Cc1cccc(Oc2ccc(N3C(=O)CCC3=O)cc2)c1. The van der Waals surface area contributed by atoms with Crippen LogP contribution in [0.3, 0.4) is 0 Å². The monoisotopic (exact) mass is 281 g/mol. The van der Waals surface area contributed by atoms with Crippen molar-refractivity contribution in [2.45, 2.75) is 19.8 Å². The molecule has 0 atom stereocenters. The topological polar surface area (TPSA) is 46.6 Å². The number of hydrogen-bond donors (Lipinski definition) is 0. The van der Waals surface area contributed by atoms with Gasteiger partial charge in [-0.2, -0.15) is 0 Å². The summed E-state index contributed by atoms with van der Waals surface area (Å²) in [5.41, 5.74) is 1.72. The van der Waals surface area contributed by atoms with Crippen molar-refractivity contribution < 1.29 is 14.3 Å². The second-order valence-electron chi connectivity index (χ2n) is 5.04. The number of amides is 2. The van der Waals surface area contributed by atoms with Gasteiger partial charge in [0.15, 0.2) is 0 Å². The van der Waals surface area contributed by atoms with E-state index in [9.17, 15) is 9.59 Å². The third-order valence-electron chi connectivity index (χ3n) is 3.37. The van der Waals surface area contributed by atoms with Gasteiger partial charge in [0.05, 0.1) is 5.69 Å². The third-order valence-corrected chi connectivity index (χ3v) is 3.37. The van der Waals surface area contributed by atoms with Gasteiger partial charge in [0.2, 0.25) is 11.8 Å². The number of aryl methyl sites for hydroxylation is 1. The number of rotatable bonds is 3. The van der Waals surface area contributed by atoms with E-state index in [4.69, 9.17) is 4.74 Å². The average molecular weight is 281 g/mol. The van der Waals surface area contributed by atoms with Crippen LogP contribution < -0.4 is 9.64 Å². The zero-order valence-electron chi connectivity index (χ0n) is 11.7. The average Bonchev–Trinajstić information content (AvgIpc) is 2.79. The van der Waals surface area contributed by atoms with Gasteiger partial charge < -0.3 is 4.74 Å². The predicted molar refractivity (Wildman–Crippen MR) is 79.4 cm³/mol. The molecule has 0 saturated carbocycles. The van der Waals surface area contributed by atoms with Gasteiger partial charge in [-0.05, 0) is 48.9 Å².